The van der Waals surface area contributed by atoms with Crippen molar-refractivity contribution in [3.05, 3.63) is 23.8 Å². The highest BCUT2D eigenvalue weighted by atomic mass is 16.5. The molecule has 1 aromatic carbocycles. The lowest BCUT2D eigenvalue weighted by Gasteiger charge is -2.29. The minimum Gasteiger partial charge on any atom is -0.493 e. The number of rotatable bonds is 5. The van der Waals surface area contributed by atoms with Gasteiger partial charge in [-0.2, -0.15) is 0 Å². The summed E-state index contributed by atoms with van der Waals surface area (Å²) in [7, 11) is 4.68. The van der Waals surface area contributed by atoms with Gasteiger partial charge in [0.05, 0.1) is 27.2 Å². The van der Waals surface area contributed by atoms with Crippen LogP contribution in [0.4, 0.5) is 0 Å². The highest BCUT2D eigenvalue weighted by Crippen LogP contribution is 2.37. The van der Waals surface area contributed by atoms with Crippen LogP contribution in [0.25, 0.3) is 0 Å². The summed E-state index contributed by atoms with van der Waals surface area (Å²) in [4.78, 5) is 11.9. The first kappa shape index (κ1) is 15.6. The monoisotopic (exact) mass is 293 g/mol. The molecule has 0 radical (unpaired) electrons. The Morgan fingerprint density at radius 2 is 2.00 bits per heavy atom. The van der Waals surface area contributed by atoms with E-state index in [-0.39, 0.29) is 17.3 Å². The molecule has 116 valence electrons. The normalized spacial score (nSPS) is 24.7. The van der Waals surface area contributed by atoms with Crippen LogP contribution in [0.3, 0.4) is 0 Å². The van der Waals surface area contributed by atoms with Gasteiger partial charge in [-0.25, -0.2) is 0 Å². The van der Waals surface area contributed by atoms with Gasteiger partial charge in [0.25, 0.3) is 0 Å². The fourth-order valence-corrected chi connectivity index (χ4v) is 3.02. The van der Waals surface area contributed by atoms with Gasteiger partial charge in [-0.1, -0.05) is 13.0 Å². The zero-order valence-corrected chi connectivity index (χ0v) is 13.1. The van der Waals surface area contributed by atoms with Crippen molar-refractivity contribution in [2.24, 2.45) is 11.3 Å². The Kier molecular flexibility index (Phi) is 4.73. The largest absolute Gasteiger partial charge is 0.493 e. The Morgan fingerprint density at radius 1 is 1.29 bits per heavy atom. The molecule has 1 aliphatic rings. The number of carbonyl (C=O) groups excluding carboxylic acids is 1. The van der Waals surface area contributed by atoms with Crippen LogP contribution in [-0.4, -0.2) is 40.4 Å². The number of carbonyl (C=O) groups is 1. The molecule has 1 fully saturated rings. The molecule has 0 spiro atoms. The van der Waals surface area contributed by atoms with Crippen molar-refractivity contribution < 1.29 is 19.0 Å². The smallest absolute Gasteiger partial charge is 0.310 e. The molecule has 21 heavy (non-hydrogen) atoms. The van der Waals surface area contributed by atoms with Crippen molar-refractivity contribution in [3.63, 3.8) is 0 Å². The summed E-state index contributed by atoms with van der Waals surface area (Å²) < 4.78 is 15.5. The highest BCUT2D eigenvalue weighted by molar-refractivity contribution is 5.74. The Balaban J connectivity index is 2.22. The van der Waals surface area contributed by atoms with Gasteiger partial charge in [0, 0.05) is 13.1 Å². The lowest BCUT2D eigenvalue weighted by molar-refractivity contribution is -0.148. The van der Waals surface area contributed by atoms with E-state index < -0.39 is 0 Å². The van der Waals surface area contributed by atoms with E-state index in [1.165, 1.54) is 7.11 Å². The van der Waals surface area contributed by atoms with Gasteiger partial charge in [-0.3, -0.25) is 4.79 Å². The number of hydrogen-bond donors (Lipinski definition) is 1. The van der Waals surface area contributed by atoms with Crippen molar-refractivity contribution >= 4 is 5.97 Å². The maximum Gasteiger partial charge on any atom is 0.310 e. The van der Waals surface area contributed by atoms with Crippen LogP contribution >= 0.6 is 0 Å². The number of benzene rings is 1. The van der Waals surface area contributed by atoms with E-state index in [1.54, 1.807) is 14.2 Å². The first-order valence-corrected chi connectivity index (χ1v) is 7.03. The molecule has 1 aliphatic heterocycles. The third kappa shape index (κ3) is 3.13. The summed E-state index contributed by atoms with van der Waals surface area (Å²) in [6.45, 7) is 3.57. The summed E-state index contributed by atoms with van der Waals surface area (Å²) in [5.74, 6) is 1.14. The fourth-order valence-electron chi connectivity index (χ4n) is 3.02. The van der Waals surface area contributed by atoms with Crippen LogP contribution in [0.1, 0.15) is 12.5 Å². The molecule has 1 heterocycles. The van der Waals surface area contributed by atoms with Crippen LogP contribution in [0.15, 0.2) is 18.2 Å². The molecule has 1 saturated heterocycles. The summed E-state index contributed by atoms with van der Waals surface area (Å²) in [5, 5.41) is 3.29. The Hall–Kier alpha value is -1.75. The van der Waals surface area contributed by atoms with Crippen LogP contribution in [0, 0.1) is 11.3 Å². The summed E-state index contributed by atoms with van der Waals surface area (Å²) >= 11 is 0. The molecule has 0 saturated carbocycles. The van der Waals surface area contributed by atoms with Crippen LogP contribution in [-0.2, 0) is 16.0 Å². The summed E-state index contributed by atoms with van der Waals surface area (Å²) in [5.41, 5.74) is 0.958. The lowest BCUT2D eigenvalue weighted by Crippen LogP contribution is -2.35. The molecule has 1 aromatic rings. The Morgan fingerprint density at radius 3 is 2.62 bits per heavy atom. The molecule has 1 N–H and O–H groups in total. The summed E-state index contributed by atoms with van der Waals surface area (Å²) in [6, 6.07) is 5.88. The molecule has 0 aromatic heterocycles. The zero-order chi connectivity index (χ0) is 15.5. The predicted octanol–water partition coefficient (Wildman–Crippen LogP) is 1.64. The molecular formula is C16H23NO4. The van der Waals surface area contributed by atoms with E-state index in [0.29, 0.717) is 18.0 Å². The van der Waals surface area contributed by atoms with E-state index in [1.807, 2.05) is 18.2 Å². The number of methoxy groups -OCH3 is 3. The van der Waals surface area contributed by atoms with Gasteiger partial charge in [-0.05, 0) is 29.5 Å². The van der Waals surface area contributed by atoms with E-state index in [2.05, 4.69) is 12.2 Å². The molecule has 5 heteroatoms. The average molecular weight is 293 g/mol. The van der Waals surface area contributed by atoms with Gasteiger partial charge in [0.15, 0.2) is 11.5 Å². The second-order valence-corrected chi connectivity index (χ2v) is 5.73. The summed E-state index contributed by atoms with van der Waals surface area (Å²) in [6.07, 6.45) is 0.778. The maximum absolute atomic E-state index is 11.9. The fraction of sp³-hybridized carbons (Fsp3) is 0.562. The zero-order valence-electron chi connectivity index (χ0n) is 13.1. The van der Waals surface area contributed by atoms with Crippen molar-refractivity contribution in [3.8, 4) is 11.5 Å². The second kappa shape index (κ2) is 6.35. The second-order valence-electron chi connectivity index (χ2n) is 5.73. The van der Waals surface area contributed by atoms with Crippen LogP contribution in [0.5, 0.6) is 11.5 Å². The van der Waals surface area contributed by atoms with E-state index in [9.17, 15) is 4.79 Å². The van der Waals surface area contributed by atoms with Gasteiger partial charge in [0.1, 0.15) is 0 Å². The number of ether oxygens (including phenoxy) is 3. The minimum absolute atomic E-state index is 0.129. The highest BCUT2D eigenvalue weighted by Gasteiger charge is 2.43. The number of hydrogen-bond acceptors (Lipinski definition) is 5. The molecule has 2 rings (SSSR count). The molecule has 2 unspecified atom stereocenters. The predicted molar refractivity (Wildman–Crippen MR) is 79.7 cm³/mol. The lowest BCUT2D eigenvalue weighted by atomic mass is 9.75. The maximum atomic E-state index is 11.9. The van der Waals surface area contributed by atoms with Gasteiger partial charge in [0.2, 0.25) is 0 Å². The van der Waals surface area contributed by atoms with Gasteiger partial charge in [-0.15, -0.1) is 0 Å². The molecule has 5 nitrogen and oxygen atoms in total. The molecular weight excluding hydrogens is 270 g/mol. The molecule has 0 aliphatic carbocycles. The van der Waals surface area contributed by atoms with E-state index in [0.717, 1.165) is 18.5 Å². The number of nitrogens with one attached hydrogen (secondary N) is 1. The first-order valence-electron chi connectivity index (χ1n) is 7.03. The van der Waals surface area contributed by atoms with E-state index >= 15 is 0 Å². The Labute approximate surface area is 125 Å². The quantitative estimate of drug-likeness (QED) is 0.837. The standard InChI is InChI=1S/C16H23NO4/c1-16(10-17-9-12(16)15(18)21-4)8-11-5-6-13(19-2)14(7-11)20-3/h5-7,12,17H,8-10H2,1-4H3. The molecule has 0 bridgehead atoms. The third-order valence-electron chi connectivity index (χ3n) is 4.26. The van der Waals surface area contributed by atoms with Crippen molar-refractivity contribution in [2.75, 3.05) is 34.4 Å². The molecule has 2 atom stereocenters. The van der Waals surface area contributed by atoms with Gasteiger partial charge < -0.3 is 19.5 Å². The van der Waals surface area contributed by atoms with Gasteiger partial charge >= 0.3 is 5.97 Å². The Bertz CT molecular complexity index is 517. The van der Waals surface area contributed by atoms with Crippen molar-refractivity contribution in [1.29, 1.82) is 0 Å². The topological polar surface area (TPSA) is 56.8 Å². The minimum atomic E-state index is -0.160. The average Bonchev–Trinajstić information content (AvgIpc) is 2.87. The van der Waals surface area contributed by atoms with Crippen molar-refractivity contribution in [2.45, 2.75) is 13.3 Å². The first-order chi connectivity index (χ1) is 10.0. The number of esters is 1. The third-order valence-corrected chi connectivity index (χ3v) is 4.26. The molecule has 0 amide bonds. The van der Waals surface area contributed by atoms with E-state index in [4.69, 9.17) is 14.2 Å². The SMILES string of the molecule is COC(=O)C1CNCC1(C)Cc1ccc(OC)c(OC)c1. The van der Waals surface area contributed by atoms with Crippen LogP contribution < -0.4 is 14.8 Å². The van der Waals surface area contributed by atoms with Crippen LogP contribution in [0.2, 0.25) is 0 Å². The van der Waals surface area contributed by atoms with Crippen molar-refractivity contribution in [1.82, 2.24) is 5.32 Å².